The lowest BCUT2D eigenvalue weighted by molar-refractivity contribution is -0.137. The molecule has 5 nitrogen and oxygen atoms in total. The molecule has 0 radical (unpaired) electrons. The number of hydrogen-bond acceptors (Lipinski definition) is 3. The van der Waals surface area contributed by atoms with Gasteiger partial charge in [0.1, 0.15) is 11.6 Å². The Morgan fingerprint density at radius 1 is 1.16 bits per heavy atom. The number of rotatable bonds is 4. The van der Waals surface area contributed by atoms with Crippen LogP contribution in [-0.4, -0.2) is 16.8 Å². The molecule has 0 aliphatic carbocycles. The highest BCUT2D eigenvalue weighted by atomic mass is 19.4. The zero-order chi connectivity index (χ0) is 18.6. The van der Waals surface area contributed by atoms with Crippen molar-refractivity contribution in [3.05, 3.63) is 59.0 Å². The molecule has 0 aliphatic heterocycles. The Morgan fingerprint density at radius 2 is 1.88 bits per heavy atom. The number of benzene rings is 1. The molecule has 0 saturated carbocycles. The van der Waals surface area contributed by atoms with E-state index >= 15 is 0 Å². The summed E-state index contributed by atoms with van der Waals surface area (Å²) in [7, 11) is 0. The maximum Gasteiger partial charge on any atom is 0.416 e. The number of hydrogen-bond donors (Lipinski definition) is 2. The summed E-state index contributed by atoms with van der Waals surface area (Å²) in [5, 5.41) is 4.79. The number of aromatic nitrogens is 1. The van der Waals surface area contributed by atoms with Crippen molar-refractivity contribution in [2.75, 3.05) is 5.32 Å². The minimum atomic E-state index is -4.68. The highest BCUT2D eigenvalue weighted by Crippen LogP contribution is 2.30. The fourth-order valence-electron chi connectivity index (χ4n) is 2.02. The van der Waals surface area contributed by atoms with Crippen LogP contribution in [0.4, 0.5) is 23.4 Å². The third-order valence-electron chi connectivity index (χ3n) is 3.06. The average molecular weight is 355 g/mol. The van der Waals surface area contributed by atoms with Crippen LogP contribution in [0.3, 0.4) is 0 Å². The zero-order valence-electron chi connectivity index (χ0n) is 12.9. The number of anilines is 1. The molecule has 0 saturated heterocycles. The van der Waals surface area contributed by atoms with Gasteiger partial charge in [-0.1, -0.05) is 0 Å². The summed E-state index contributed by atoms with van der Waals surface area (Å²) >= 11 is 0. The van der Waals surface area contributed by atoms with Gasteiger partial charge >= 0.3 is 6.18 Å². The normalized spacial score (nSPS) is 11.1. The van der Waals surface area contributed by atoms with E-state index < -0.39 is 23.5 Å². The number of nitrogens with one attached hydrogen (secondary N) is 2. The Labute approximate surface area is 140 Å². The molecule has 2 rings (SSSR count). The Hall–Kier alpha value is -2.97. The van der Waals surface area contributed by atoms with Crippen LogP contribution in [0.2, 0.25) is 0 Å². The van der Waals surface area contributed by atoms with Crippen molar-refractivity contribution < 1.29 is 27.2 Å². The highest BCUT2D eigenvalue weighted by molar-refractivity contribution is 5.96. The maximum absolute atomic E-state index is 13.3. The number of carbonyl (C=O) groups excluding carboxylic acids is 2. The first-order valence-corrected chi connectivity index (χ1v) is 7.03. The SMILES string of the molecule is CC(=O)Nc1cc(C(=O)NCc2cc(F)cc(C(F)(F)F)c2)ccn1. The number of pyridine rings is 1. The first-order chi connectivity index (χ1) is 11.6. The molecule has 1 aromatic heterocycles. The summed E-state index contributed by atoms with van der Waals surface area (Å²) in [6.07, 6.45) is -3.39. The van der Waals surface area contributed by atoms with Crippen molar-refractivity contribution in [2.24, 2.45) is 0 Å². The quantitative estimate of drug-likeness (QED) is 0.828. The summed E-state index contributed by atoms with van der Waals surface area (Å²) in [5.41, 5.74) is -1.02. The molecule has 0 spiro atoms. The van der Waals surface area contributed by atoms with E-state index in [1.165, 1.54) is 25.3 Å². The molecule has 0 aliphatic rings. The molecule has 0 bridgehead atoms. The first-order valence-electron chi connectivity index (χ1n) is 7.03. The van der Waals surface area contributed by atoms with E-state index in [0.29, 0.717) is 6.07 Å². The Balaban J connectivity index is 2.10. The first kappa shape index (κ1) is 18.4. The summed E-state index contributed by atoms with van der Waals surface area (Å²) in [5.74, 6) is -1.86. The van der Waals surface area contributed by atoms with E-state index in [9.17, 15) is 27.2 Å². The number of amides is 2. The molecular formula is C16H13F4N3O2. The van der Waals surface area contributed by atoms with Gasteiger partial charge in [0.15, 0.2) is 0 Å². The van der Waals surface area contributed by atoms with Crippen molar-refractivity contribution in [1.82, 2.24) is 10.3 Å². The Morgan fingerprint density at radius 3 is 2.52 bits per heavy atom. The third kappa shape index (κ3) is 5.27. The summed E-state index contributed by atoms with van der Waals surface area (Å²) in [6.45, 7) is 0.980. The largest absolute Gasteiger partial charge is 0.416 e. The van der Waals surface area contributed by atoms with Crippen molar-refractivity contribution in [2.45, 2.75) is 19.6 Å². The molecule has 132 valence electrons. The molecule has 25 heavy (non-hydrogen) atoms. The van der Waals surface area contributed by atoms with Crippen LogP contribution in [-0.2, 0) is 17.5 Å². The van der Waals surface area contributed by atoms with Crippen LogP contribution in [0.15, 0.2) is 36.5 Å². The number of alkyl halides is 3. The standard InChI is InChI=1S/C16H13F4N3O2/c1-9(24)23-14-6-11(2-3-21-14)15(25)22-8-10-4-12(16(18,19)20)7-13(17)5-10/h2-7H,8H2,1H3,(H,22,25)(H,21,23,24). The Kier molecular flexibility index (Phi) is 5.35. The molecule has 1 aromatic carbocycles. The molecule has 0 unspecified atom stereocenters. The molecule has 2 amide bonds. The molecule has 1 heterocycles. The average Bonchev–Trinajstić information content (AvgIpc) is 2.51. The van der Waals surface area contributed by atoms with Gasteiger partial charge in [-0.2, -0.15) is 13.2 Å². The number of carbonyl (C=O) groups is 2. The predicted octanol–water partition coefficient (Wildman–Crippen LogP) is 3.13. The topological polar surface area (TPSA) is 71.1 Å². The molecular weight excluding hydrogens is 342 g/mol. The summed E-state index contributed by atoms with van der Waals surface area (Å²) in [6, 6.07) is 4.73. The van der Waals surface area contributed by atoms with E-state index in [-0.39, 0.29) is 29.4 Å². The fraction of sp³-hybridized carbons (Fsp3) is 0.188. The van der Waals surface area contributed by atoms with Crippen molar-refractivity contribution in [3.63, 3.8) is 0 Å². The maximum atomic E-state index is 13.3. The predicted molar refractivity (Wildman–Crippen MR) is 81.1 cm³/mol. The number of halogens is 4. The van der Waals surface area contributed by atoms with Gasteiger partial charge in [-0.15, -0.1) is 0 Å². The van der Waals surface area contributed by atoms with Crippen LogP contribution in [0, 0.1) is 5.82 Å². The smallest absolute Gasteiger partial charge is 0.348 e. The van der Waals surface area contributed by atoms with Crippen LogP contribution < -0.4 is 10.6 Å². The minimum absolute atomic E-state index is 0.0307. The van der Waals surface area contributed by atoms with E-state index in [0.717, 1.165) is 12.1 Å². The van der Waals surface area contributed by atoms with Gasteiger partial charge in [0.05, 0.1) is 5.56 Å². The van der Waals surface area contributed by atoms with Crippen LogP contribution in [0.5, 0.6) is 0 Å². The van der Waals surface area contributed by atoms with Crippen LogP contribution in [0.25, 0.3) is 0 Å². The highest BCUT2D eigenvalue weighted by Gasteiger charge is 2.31. The minimum Gasteiger partial charge on any atom is -0.348 e. The Bertz CT molecular complexity index is 806. The monoisotopic (exact) mass is 355 g/mol. The van der Waals surface area contributed by atoms with E-state index in [4.69, 9.17) is 0 Å². The molecule has 2 N–H and O–H groups in total. The van der Waals surface area contributed by atoms with Crippen molar-refractivity contribution >= 4 is 17.6 Å². The lowest BCUT2D eigenvalue weighted by atomic mass is 10.1. The second-order valence-electron chi connectivity index (χ2n) is 5.14. The second-order valence-corrected chi connectivity index (χ2v) is 5.14. The van der Waals surface area contributed by atoms with Crippen molar-refractivity contribution in [1.29, 1.82) is 0 Å². The van der Waals surface area contributed by atoms with Crippen LogP contribution >= 0.6 is 0 Å². The second kappa shape index (κ2) is 7.29. The van der Waals surface area contributed by atoms with E-state index in [1.807, 2.05) is 0 Å². The lowest BCUT2D eigenvalue weighted by Gasteiger charge is -2.11. The summed E-state index contributed by atoms with van der Waals surface area (Å²) in [4.78, 5) is 26.9. The van der Waals surface area contributed by atoms with Gasteiger partial charge in [0, 0.05) is 25.2 Å². The van der Waals surface area contributed by atoms with E-state index in [2.05, 4.69) is 15.6 Å². The molecule has 2 aromatic rings. The van der Waals surface area contributed by atoms with E-state index in [1.54, 1.807) is 0 Å². The number of nitrogens with zero attached hydrogens (tertiary/aromatic N) is 1. The van der Waals surface area contributed by atoms with Crippen LogP contribution in [0.1, 0.15) is 28.4 Å². The summed E-state index contributed by atoms with van der Waals surface area (Å²) < 4.78 is 51.3. The van der Waals surface area contributed by atoms with Gasteiger partial charge in [0.2, 0.25) is 5.91 Å². The van der Waals surface area contributed by atoms with Gasteiger partial charge in [-0.25, -0.2) is 9.37 Å². The van der Waals surface area contributed by atoms with Gasteiger partial charge in [-0.3, -0.25) is 9.59 Å². The van der Waals surface area contributed by atoms with Gasteiger partial charge < -0.3 is 10.6 Å². The van der Waals surface area contributed by atoms with Gasteiger partial charge in [-0.05, 0) is 35.9 Å². The molecule has 0 fully saturated rings. The molecule has 0 atom stereocenters. The lowest BCUT2D eigenvalue weighted by Crippen LogP contribution is -2.23. The molecule has 9 heteroatoms. The van der Waals surface area contributed by atoms with Gasteiger partial charge in [0.25, 0.3) is 5.91 Å². The zero-order valence-corrected chi connectivity index (χ0v) is 12.9. The fourth-order valence-corrected chi connectivity index (χ4v) is 2.02. The van der Waals surface area contributed by atoms with Crippen molar-refractivity contribution in [3.8, 4) is 0 Å². The third-order valence-corrected chi connectivity index (χ3v) is 3.06.